The standard InChI is InChI=1S/C12H19N3O2/c1-3-17-11(16)8-10-13-12(14-15(10)2)9-6-4-5-7-9/h9H,3-8H2,1-2H3. The minimum Gasteiger partial charge on any atom is -0.466 e. The summed E-state index contributed by atoms with van der Waals surface area (Å²) in [5.41, 5.74) is 0. The molecule has 1 aromatic heterocycles. The summed E-state index contributed by atoms with van der Waals surface area (Å²) in [6.45, 7) is 2.21. The highest BCUT2D eigenvalue weighted by Crippen LogP contribution is 2.32. The maximum Gasteiger partial charge on any atom is 0.313 e. The van der Waals surface area contributed by atoms with E-state index in [4.69, 9.17) is 4.74 Å². The smallest absolute Gasteiger partial charge is 0.313 e. The maximum atomic E-state index is 11.4. The molecule has 17 heavy (non-hydrogen) atoms. The zero-order valence-electron chi connectivity index (χ0n) is 10.5. The second-order valence-corrected chi connectivity index (χ2v) is 4.47. The van der Waals surface area contributed by atoms with E-state index in [2.05, 4.69) is 10.1 Å². The third-order valence-electron chi connectivity index (χ3n) is 3.20. The summed E-state index contributed by atoms with van der Waals surface area (Å²) in [7, 11) is 1.83. The van der Waals surface area contributed by atoms with Gasteiger partial charge in [-0.3, -0.25) is 9.48 Å². The lowest BCUT2D eigenvalue weighted by Crippen LogP contribution is -2.11. The number of carbonyl (C=O) groups excluding carboxylic acids is 1. The van der Waals surface area contributed by atoms with Crippen LogP contribution in [0.15, 0.2) is 0 Å². The highest BCUT2D eigenvalue weighted by atomic mass is 16.5. The molecule has 2 rings (SSSR count). The summed E-state index contributed by atoms with van der Waals surface area (Å²) in [4.78, 5) is 15.9. The molecule has 0 amide bonds. The molecule has 0 radical (unpaired) electrons. The SMILES string of the molecule is CCOC(=O)Cc1nc(C2CCCC2)nn1C. The molecule has 0 unspecified atom stereocenters. The van der Waals surface area contributed by atoms with Crippen molar-refractivity contribution in [1.29, 1.82) is 0 Å². The summed E-state index contributed by atoms with van der Waals surface area (Å²) < 4.78 is 6.61. The van der Waals surface area contributed by atoms with Crippen molar-refractivity contribution >= 4 is 5.97 Å². The van der Waals surface area contributed by atoms with Gasteiger partial charge in [0, 0.05) is 13.0 Å². The Kier molecular flexibility index (Phi) is 3.76. The molecule has 1 aliphatic rings. The van der Waals surface area contributed by atoms with E-state index in [0.29, 0.717) is 18.3 Å². The van der Waals surface area contributed by atoms with E-state index in [1.54, 1.807) is 11.6 Å². The molecule has 0 spiro atoms. The molecular weight excluding hydrogens is 218 g/mol. The molecule has 0 bridgehead atoms. The van der Waals surface area contributed by atoms with Crippen LogP contribution in [0.3, 0.4) is 0 Å². The molecule has 1 saturated carbocycles. The van der Waals surface area contributed by atoms with Crippen molar-refractivity contribution in [3.63, 3.8) is 0 Å². The van der Waals surface area contributed by atoms with Crippen LogP contribution < -0.4 is 0 Å². The fourth-order valence-electron chi connectivity index (χ4n) is 2.29. The van der Waals surface area contributed by atoms with Crippen LogP contribution in [0.2, 0.25) is 0 Å². The first kappa shape index (κ1) is 12.1. The molecular formula is C12H19N3O2. The fraction of sp³-hybridized carbons (Fsp3) is 0.750. The van der Waals surface area contributed by atoms with Crippen LogP contribution in [0.4, 0.5) is 0 Å². The summed E-state index contributed by atoms with van der Waals surface area (Å²) >= 11 is 0. The highest BCUT2D eigenvalue weighted by molar-refractivity contribution is 5.71. The number of carbonyl (C=O) groups is 1. The largest absolute Gasteiger partial charge is 0.466 e. The Morgan fingerprint density at radius 1 is 1.47 bits per heavy atom. The molecule has 1 aliphatic carbocycles. The van der Waals surface area contributed by atoms with Gasteiger partial charge in [-0.05, 0) is 19.8 Å². The van der Waals surface area contributed by atoms with Gasteiger partial charge in [0.1, 0.15) is 12.2 Å². The zero-order valence-corrected chi connectivity index (χ0v) is 10.5. The predicted octanol–water partition coefficient (Wildman–Crippen LogP) is 1.58. The predicted molar refractivity (Wildman–Crippen MR) is 62.5 cm³/mol. The number of nitrogens with zero attached hydrogens (tertiary/aromatic N) is 3. The average molecular weight is 237 g/mol. The van der Waals surface area contributed by atoms with E-state index in [-0.39, 0.29) is 12.4 Å². The maximum absolute atomic E-state index is 11.4. The normalized spacial score (nSPS) is 16.4. The van der Waals surface area contributed by atoms with Crippen LogP contribution in [0.1, 0.15) is 50.2 Å². The Hall–Kier alpha value is -1.39. The van der Waals surface area contributed by atoms with Crippen molar-refractivity contribution < 1.29 is 9.53 Å². The first-order chi connectivity index (χ1) is 8.20. The molecule has 1 aromatic rings. The van der Waals surface area contributed by atoms with Gasteiger partial charge >= 0.3 is 5.97 Å². The number of hydrogen-bond acceptors (Lipinski definition) is 4. The third kappa shape index (κ3) is 2.84. The van der Waals surface area contributed by atoms with Crippen molar-refractivity contribution in [1.82, 2.24) is 14.8 Å². The van der Waals surface area contributed by atoms with Gasteiger partial charge < -0.3 is 4.74 Å². The van der Waals surface area contributed by atoms with Crippen molar-refractivity contribution in [2.75, 3.05) is 6.61 Å². The molecule has 1 heterocycles. The van der Waals surface area contributed by atoms with Crippen LogP contribution in [0.5, 0.6) is 0 Å². The van der Waals surface area contributed by atoms with Gasteiger partial charge in [0.25, 0.3) is 0 Å². The second kappa shape index (κ2) is 5.29. The summed E-state index contributed by atoms with van der Waals surface area (Å²) in [6, 6.07) is 0. The Labute approximate surface area is 101 Å². The van der Waals surface area contributed by atoms with Crippen LogP contribution in [-0.4, -0.2) is 27.3 Å². The van der Waals surface area contributed by atoms with E-state index in [1.807, 2.05) is 7.05 Å². The number of rotatable bonds is 4. The van der Waals surface area contributed by atoms with Crippen LogP contribution >= 0.6 is 0 Å². The van der Waals surface area contributed by atoms with Gasteiger partial charge in [0.05, 0.1) is 6.61 Å². The van der Waals surface area contributed by atoms with Gasteiger partial charge in [-0.25, -0.2) is 4.98 Å². The molecule has 0 N–H and O–H groups in total. The second-order valence-electron chi connectivity index (χ2n) is 4.47. The monoisotopic (exact) mass is 237 g/mol. The van der Waals surface area contributed by atoms with Crippen LogP contribution in [-0.2, 0) is 23.0 Å². The molecule has 0 aliphatic heterocycles. The van der Waals surface area contributed by atoms with Crippen molar-refractivity contribution in [2.45, 2.75) is 44.9 Å². The van der Waals surface area contributed by atoms with Crippen molar-refractivity contribution in [3.8, 4) is 0 Å². The molecule has 1 fully saturated rings. The summed E-state index contributed by atoms with van der Waals surface area (Å²) in [5, 5.41) is 4.40. The topological polar surface area (TPSA) is 57.0 Å². The molecule has 0 aromatic carbocycles. The van der Waals surface area contributed by atoms with Gasteiger partial charge in [-0.1, -0.05) is 12.8 Å². The summed E-state index contributed by atoms with van der Waals surface area (Å²) in [5.74, 6) is 1.84. The molecule has 5 heteroatoms. The zero-order chi connectivity index (χ0) is 12.3. The van der Waals surface area contributed by atoms with Crippen LogP contribution in [0.25, 0.3) is 0 Å². The lowest BCUT2D eigenvalue weighted by molar-refractivity contribution is -0.142. The van der Waals surface area contributed by atoms with E-state index >= 15 is 0 Å². The minimum atomic E-state index is -0.235. The number of aromatic nitrogens is 3. The van der Waals surface area contributed by atoms with Crippen LogP contribution in [0, 0.1) is 0 Å². The first-order valence-electron chi connectivity index (χ1n) is 6.26. The lowest BCUT2D eigenvalue weighted by atomic mass is 10.1. The Morgan fingerprint density at radius 2 is 2.18 bits per heavy atom. The number of ether oxygens (including phenoxy) is 1. The van der Waals surface area contributed by atoms with Gasteiger partial charge in [0.15, 0.2) is 5.82 Å². The van der Waals surface area contributed by atoms with Gasteiger partial charge in [0.2, 0.25) is 0 Å². The minimum absolute atomic E-state index is 0.212. The van der Waals surface area contributed by atoms with Crippen molar-refractivity contribution in [3.05, 3.63) is 11.6 Å². The van der Waals surface area contributed by atoms with Gasteiger partial charge in [-0.15, -0.1) is 0 Å². The van der Waals surface area contributed by atoms with E-state index in [9.17, 15) is 4.79 Å². The molecule has 0 atom stereocenters. The van der Waals surface area contributed by atoms with E-state index in [1.165, 1.54) is 25.7 Å². The van der Waals surface area contributed by atoms with Gasteiger partial charge in [-0.2, -0.15) is 5.10 Å². The number of aryl methyl sites for hydroxylation is 1. The number of esters is 1. The lowest BCUT2D eigenvalue weighted by Gasteiger charge is -2.01. The van der Waals surface area contributed by atoms with E-state index in [0.717, 1.165) is 5.82 Å². The van der Waals surface area contributed by atoms with Crippen molar-refractivity contribution in [2.24, 2.45) is 7.05 Å². The Balaban J connectivity index is 2.05. The fourth-order valence-corrected chi connectivity index (χ4v) is 2.29. The van der Waals surface area contributed by atoms with E-state index < -0.39 is 0 Å². The molecule has 94 valence electrons. The molecule has 5 nitrogen and oxygen atoms in total. The highest BCUT2D eigenvalue weighted by Gasteiger charge is 2.22. The third-order valence-corrected chi connectivity index (χ3v) is 3.20. The Morgan fingerprint density at radius 3 is 2.82 bits per heavy atom. The average Bonchev–Trinajstić information content (AvgIpc) is 2.89. The first-order valence-corrected chi connectivity index (χ1v) is 6.26. The number of hydrogen-bond donors (Lipinski definition) is 0. The summed E-state index contributed by atoms with van der Waals surface area (Å²) in [6.07, 6.45) is 5.07. The Bertz CT molecular complexity index is 394. The quantitative estimate of drug-likeness (QED) is 0.746. The molecule has 0 saturated heterocycles.